The lowest BCUT2D eigenvalue weighted by molar-refractivity contribution is -0.120. The fraction of sp³-hybridized carbons (Fsp3) is 0.412. The molecule has 122 valence electrons. The number of carbonyl (C=O) groups is 1. The summed E-state index contributed by atoms with van der Waals surface area (Å²) in [5.41, 5.74) is 3.08. The standard InChI is InChI=1S/C17H22N4OS/c1-12-11-13(2)21-17(20-12)23-14(3)16(22)19-8-4-5-15-6-9-18-10-7-15/h6-7,9-11,14H,4-5,8H2,1-3H3,(H,19,22)/t14-/m0/s1. The quantitative estimate of drug-likeness (QED) is 0.480. The Bertz CT molecular complexity index is 628. The predicted molar refractivity (Wildman–Crippen MR) is 92.4 cm³/mol. The van der Waals surface area contributed by atoms with Crippen molar-refractivity contribution in [2.45, 2.75) is 44.0 Å². The van der Waals surface area contributed by atoms with E-state index in [-0.39, 0.29) is 11.2 Å². The number of nitrogens with zero attached hydrogens (tertiary/aromatic N) is 3. The molecule has 2 rings (SSSR count). The smallest absolute Gasteiger partial charge is 0.233 e. The zero-order chi connectivity index (χ0) is 16.7. The van der Waals surface area contributed by atoms with Gasteiger partial charge in [-0.25, -0.2) is 9.97 Å². The van der Waals surface area contributed by atoms with Crippen LogP contribution >= 0.6 is 11.8 Å². The van der Waals surface area contributed by atoms with Crippen LogP contribution in [-0.2, 0) is 11.2 Å². The Kier molecular flexibility index (Phi) is 6.52. The van der Waals surface area contributed by atoms with E-state index in [1.54, 1.807) is 12.4 Å². The molecule has 0 fully saturated rings. The molecule has 0 aliphatic carbocycles. The van der Waals surface area contributed by atoms with E-state index in [0.717, 1.165) is 24.2 Å². The molecule has 23 heavy (non-hydrogen) atoms. The fourth-order valence-electron chi connectivity index (χ4n) is 2.16. The molecule has 1 N–H and O–H groups in total. The first-order chi connectivity index (χ1) is 11.0. The number of carbonyl (C=O) groups excluding carboxylic acids is 1. The minimum atomic E-state index is -0.211. The van der Waals surface area contributed by atoms with Gasteiger partial charge in [0, 0.05) is 30.3 Å². The van der Waals surface area contributed by atoms with Crippen molar-refractivity contribution in [3.63, 3.8) is 0 Å². The molecule has 2 aromatic heterocycles. The van der Waals surface area contributed by atoms with Crippen molar-refractivity contribution in [3.05, 3.63) is 47.5 Å². The van der Waals surface area contributed by atoms with Gasteiger partial charge in [0.25, 0.3) is 0 Å². The third-order valence-corrected chi connectivity index (χ3v) is 4.27. The van der Waals surface area contributed by atoms with Crippen LogP contribution in [0, 0.1) is 13.8 Å². The van der Waals surface area contributed by atoms with Crippen molar-refractivity contribution in [2.24, 2.45) is 0 Å². The maximum absolute atomic E-state index is 12.1. The van der Waals surface area contributed by atoms with E-state index in [4.69, 9.17) is 0 Å². The Morgan fingerprint density at radius 1 is 1.22 bits per heavy atom. The monoisotopic (exact) mass is 330 g/mol. The van der Waals surface area contributed by atoms with Gasteiger partial charge in [-0.05, 0) is 57.4 Å². The molecule has 5 nitrogen and oxygen atoms in total. The molecule has 0 saturated carbocycles. The second kappa shape index (κ2) is 8.62. The molecular weight excluding hydrogens is 308 g/mol. The Hall–Kier alpha value is -1.95. The van der Waals surface area contributed by atoms with Gasteiger partial charge in [0.2, 0.25) is 5.91 Å². The summed E-state index contributed by atoms with van der Waals surface area (Å²) in [6.45, 7) is 6.41. The zero-order valence-corrected chi connectivity index (χ0v) is 14.6. The third kappa shape index (κ3) is 5.98. The van der Waals surface area contributed by atoms with Gasteiger partial charge in [0.1, 0.15) is 0 Å². The Balaban J connectivity index is 1.74. The summed E-state index contributed by atoms with van der Waals surface area (Å²) in [4.78, 5) is 24.8. The molecule has 0 aliphatic rings. The van der Waals surface area contributed by atoms with Crippen molar-refractivity contribution < 1.29 is 4.79 Å². The largest absolute Gasteiger partial charge is 0.355 e. The number of amides is 1. The third-order valence-electron chi connectivity index (χ3n) is 3.30. The molecular formula is C17H22N4OS. The summed E-state index contributed by atoms with van der Waals surface area (Å²) in [5.74, 6) is 0.0208. The van der Waals surface area contributed by atoms with Crippen LogP contribution in [0.5, 0.6) is 0 Å². The first-order valence-corrected chi connectivity index (χ1v) is 8.58. The van der Waals surface area contributed by atoms with Crippen molar-refractivity contribution in [2.75, 3.05) is 6.54 Å². The predicted octanol–water partition coefficient (Wildman–Crippen LogP) is 2.72. The highest BCUT2D eigenvalue weighted by Gasteiger charge is 2.15. The lowest BCUT2D eigenvalue weighted by Crippen LogP contribution is -2.32. The van der Waals surface area contributed by atoms with E-state index in [2.05, 4.69) is 20.3 Å². The number of aromatic nitrogens is 3. The van der Waals surface area contributed by atoms with E-state index in [1.165, 1.54) is 17.3 Å². The summed E-state index contributed by atoms with van der Waals surface area (Å²) in [5, 5.41) is 3.41. The molecule has 6 heteroatoms. The maximum atomic E-state index is 12.1. The molecule has 1 amide bonds. The first kappa shape index (κ1) is 17.4. The van der Waals surface area contributed by atoms with Crippen LogP contribution < -0.4 is 5.32 Å². The van der Waals surface area contributed by atoms with Gasteiger partial charge in [0.15, 0.2) is 5.16 Å². The molecule has 2 aromatic rings. The average Bonchev–Trinajstić information content (AvgIpc) is 2.51. The number of thioether (sulfide) groups is 1. The van der Waals surface area contributed by atoms with Crippen molar-refractivity contribution in [3.8, 4) is 0 Å². The Morgan fingerprint density at radius 3 is 2.52 bits per heavy atom. The van der Waals surface area contributed by atoms with Crippen molar-refractivity contribution in [1.29, 1.82) is 0 Å². The number of nitrogens with one attached hydrogen (secondary N) is 1. The molecule has 0 spiro atoms. The highest BCUT2D eigenvalue weighted by atomic mass is 32.2. The van der Waals surface area contributed by atoms with Gasteiger partial charge < -0.3 is 5.32 Å². The van der Waals surface area contributed by atoms with E-state index in [1.807, 2.05) is 39.0 Å². The molecule has 0 radical (unpaired) electrons. The van der Waals surface area contributed by atoms with Crippen LogP contribution in [-0.4, -0.2) is 32.7 Å². The fourth-order valence-corrected chi connectivity index (χ4v) is 3.06. The highest BCUT2D eigenvalue weighted by Crippen LogP contribution is 2.20. The van der Waals surface area contributed by atoms with Crippen LogP contribution in [0.1, 0.15) is 30.3 Å². The molecule has 0 aromatic carbocycles. The molecule has 0 bridgehead atoms. The number of hydrogen-bond acceptors (Lipinski definition) is 5. The number of rotatable bonds is 7. The minimum Gasteiger partial charge on any atom is -0.355 e. The summed E-state index contributed by atoms with van der Waals surface area (Å²) in [6.07, 6.45) is 5.42. The molecule has 0 saturated heterocycles. The SMILES string of the molecule is Cc1cc(C)nc(S[C@@H](C)C(=O)NCCCc2ccncc2)n1. The van der Waals surface area contributed by atoms with E-state index in [9.17, 15) is 4.79 Å². The summed E-state index contributed by atoms with van der Waals surface area (Å²) in [7, 11) is 0. The summed E-state index contributed by atoms with van der Waals surface area (Å²) < 4.78 is 0. The van der Waals surface area contributed by atoms with E-state index in [0.29, 0.717) is 11.7 Å². The Morgan fingerprint density at radius 2 is 1.87 bits per heavy atom. The first-order valence-electron chi connectivity index (χ1n) is 7.70. The number of aryl methyl sites for hydroxylation is 3. The van der Waals surface area contributed by atoms with E-state index < -0.39 is 0 Å². The van der Waals surface area contributed by atoms with Gasteiger partial charge >= 0.3 is 0 Å². The van der Waals surface area contributed by atoms with Crippen LogP contribution in [0.3, 0.4) is 0 Å². The lowest BCUT2D eigenvalue weighted by Gasteiger charge is -2.11. The van der Waals surface area contributed by atoms with Crippen LogP contribution in [0.4, 0.5) is 0 Å². The normalized spacial score (nSPS) is 12.0. The molecule has 2 heterocycles. The van der Waals surface area contributed by atoms with Crippen LogP contribution in [0.25, 0.3) is 0 Å². The molecule has 0 unspecified atom stereocenters. The highest BCUT2D eigenvalue weighted by molar-refractivity contribution is 8.00. The van der Waals surface area contributed by atoms with Gasteiger partial charge in [-0.3, -0.25) is 9.78 Å². The van der Waals surface area contributed by atoms with Gasteiger partial charge in [-0.15, -0.1) is 0 Å². The number of pyridine rings is 1. The second-order valence-corrected chi connectivity index (χ2v) is 6.75. The topological polar surface area (TPSA) is 67.8 Å². The van der Waals surface area contributed by atoms with Crippen molar-refractivity contribution in [1.82, 2.24) is 20.3 Å². The molecule has 1 atom stereocenters. The van der Waals surface area contributed by atoms with Crippen molar-refractivity contribution >= 4 is 17.7 Å². The Labute approximate surface area is 141 Å². The van der Waals surface area contributed by atoms with Crippen LogP contribution in [0.15, 0.2) is 35.7 Å². The maximum Gasteiger partial charge on any atom is 0.233 e. The van der Waals surface area contributed by atoms with Gasteiger partial charge in [-0.1, -0.05) is 11.8 Å². The average molecular weight is 330 g/mol. The molecule has 0 aliphatic heterocycles. The van der Waals surface area contributed by atoms with Gasteiger partial charge in [0.05, 0.1) is 5.25 Å². The zero-order valence-electron chi connectivity index (χ0n) is 13.7. The lowest BCUT2D eigenvalue weighted by atomic mass is 10.1. The summed E-state index contributed by atoms with van der Waals surface area (Å²) in [6, 6.07) is 5.92. The minimum absolute atomic E-state index is 0.0208. The van der Waals surface area contributed by atoms with E-state index >= 15 is 0 Å². The van der Waals surface area contributed by atoms with Crippen LogP contribution in [0.2, 0.25) is 0 Å². The van der Waals surface area contributed by atoms with Gasteiger partial charge in [-0.2, -0.15) is 0 Å². The summed E-state index contributed by atoms with van der Waals surface area (Å²) >= 11 is 1.39. The number of hydrogen-bond donors (Lipinski definition) is 1. The second-order valence-electron chi connectivity index (χ2n) is 5.44.